The lowest BCUT2D eigenvalue weighted by Crippen LogP contribution is -2.00. The van der Waals surface area contributed by atoms with Crippen molar-refractivity contribution in [3.63, 3.8) is 0 Å². The zero-order valence-corrected chi connectivity index (χ0v) is 13.3. The highest BCUT2D eigenvalue weighted by Gasteiger charge is 2.04. The smallest absolute Gasteiger partial charge is 0.155 e. The summed E-state index contributed by atoms with van der Waals surface area (Å²) < 4.78 is 1.86. The lowest BCUT2D eigenvalue weighted by molar-refractivity contribution is 0.771. The van der Waals surface area contributed by atoms with E-state index in [1.54, 1.807) is 6.20 Å². The quantitative estimate of drug-likeness (QED) is 0.671. The fourth-order valence-electron chi connectivity index (χ4n) is 2.35. The van der Waals surface area contributed by atoms with Gasteiger partial charge in [-0.1, -0.05) is 43.2 Å². The largest absolute Gasteiger partial charge is 0.234 e. The number of hydrogen-bond donors (Lipinski definition) is 0. The molecule has 3 nitrogen and oxygen atoms in total. The summed E-state index contributed by atoms with van der Waals surface area (Å²) in [6, 6.07) is 11.8. The molecule has 4 heteroatoms. The van der Waals surface area contributed by atoms with Gasteiger partial charge in [0.15, 0.2) is 5.65 Å². The number of aromatic nitrogens is 3. The molecule has 1 aromatic carbocycles. The second kappa shape index (κ2) is 6.75. The van der Waals surface area contributed by atoms with Crippen LogP contribution in [-0.2, 0) is 6.42 Å². The average molecular weight is 312 g/mol. The first-order chi connectivity index (χ1) is 10.8. The molecule has 22 heavy (non-hydrogen) atoms. The third kappa shape index (κ3) is 3.37. The first-order valence-electron chi connectivity index (χ1n) is 7.53. The number of rotatable bonds is 5. The normalized spacial score (nSPS) is 11.5. The molecule has 0 amide bonds. The Labute approximate surface area is 135 Å². The van der Waals surface area contributed by atoms with Crippen LogP contribution in [0, 0.1) is 0 Å². The molecule has 0 unspecified atom stereocenters. The van der Waals surface area contributed by atoms with E-state index in [0.717, 1.165) is 40.5 Å². The molecule has 3 rings (SSSR count). The summed E-state index contributed by atoms with van der Waals surface area (Å²) in [5, 5.41) is 5.10. The monoisotopic (exact) mass is 311 g/mol. The van der Waals surface area contributed by atoms with E-state index in [4.69, 9.17) is 11.6 Å². The minimum absolute atomic E-state index is 0.748. The van der Waals surface area contributed by atoms with Gasteiger partial charge in [0, 0.05) is 16.8 Å². The maximum absolute atomic E-state index is 5.92. The highest BCUT2D eigenvalue weighted by Crippen LogP contribution is 2.15. The van der Waals surface area contributed by atoms with Crippen LogP contribution in [0.2, 0.25) is 5.02 Å². The van der Waals surface area contributed by atoms with Crippen LogP contribution in [0.1, 0.15) is 36.7 Å². The van der Waals surface area contributed by atoms with Crippen LogP contribution in [-0.4, -0.2) is 14.6 Å². The predicted molar refractivity (Wildman–Crippen MR) is 92.0 cm³/mol. The van der Waals surface area contributed by atoms with E-state index in [1.165, 1.54) is 6.42 Å². The number of nitrogens with zero attached hydrogens (tertiary/aromatic N) is 3. The van der Waals surface area contributed by atoms with Crippen LogP contribution in [0.4, 0.5) is 0 Å². The SMILES string of the molecule is CCCCc1cc(C=Cc2ccc(Cl)cc2)n2nccc2n1. The van der Waals surface area contributed by atoms with E-state index in [1.807, 2.05) is 34.8 Å². The van der Waals surface area contributed by atoms with Crippen LogP contribution in [0.3, 0.4) is 0 Å². The van der Waals surface area contributed by atoms with Crippen molar-refractivity contribution in [2.75, 3.05) is 0 Å². The molecule has 0 aliphatic heterocycles. The third-order valence-corrected chi connectivity index (χ3v) is 3.79. The molecule has 0 aliphatic rings. The van der Waals surface area contributed by atoms with Crippen molar-refractivity contribution in [1.82, 2.24) is 14.6 Å². The summed E-state index contributed by atoms with van der Waals surface area (Å²) in [5.74, 6) is 0. The molecule has 0 bridgehead atoms. The topological polar surface area (TPSA) is 30.2 Å². The molecule has 0 saturated heterocycles. The van der Waals surface area contributed by atoms with Gasteiger partial charge in [0.25, 0.3) is 0 Å². The van der Waals surface area contributed by atoms with Crippen molar-refractivity contribution in [3.8, 4) is 0 Å². The molecular weight excluding hydrogens is 294 g/mol. The molecule has 0 aliphatic carbocycles. The van der Waals surface area contributed by atoms with Gasteiger partial charge in [-0.05, 0) is 42.7 Å². The Balaban J connectivity index is 1.94. The highest BCUT2D eigenvalue weighted by atomic mass is 35.5. The molecule has 0 fully saturated rings. The zero-order chi connectivity index (χ0) is 15.4. The van der Waals surface area contributed by atoms with Crippen LogP contribution in [0.5, 0.6) is 0 Å². The number of aryl methyl sites for hydroxylation is 1. The van der Waals surface area contributed by atoms with Crippen molar-refractivity contribution in [2.24, 2.45) is 0 Å². The Morgan fingerprint density at radius 1 is 1.14 bits per heavy atom. The van der Waals surface area contributed by atoms with Gasteiger partial charge in [-0.25, -0.2) is 9.50 Å². The van der Waals surface area contributed by atoms with Crippen molar-refractivity contribution in [1.29, 1.82) is 0 Å². The number of unbranched alkanes of at least 4 members (excludes halogenated alkanes) is 1. The number of fused-ring (bicyclic) bond motifs is 1. The van der Waals surface area contributed by atoms with E-state index in [0.29, 0.717) is 0 Å². The Morgan fingerprint density at radius 3 is 2.73 bits per heavy atom. The molecule has 2 aromatic heterocycles. The van der Waals surface area contributed by atoms with Crippen LogP contribution >= 0.6 is 11.6 Å². The molecular formula is C18H18ClN3. The highest BCUT2D eigenvalue weighted by molar-refractivity contribution is 6.30. The van der Waals surface area contributed by atoms with Gasteiger partial charge < -0.3 is 0 Å². The van der Waals surface area contributed by atoms with Crippen molar-refractivity contribution in [2.45, 2.75) is 26.2 Å². The molecule has 0 N–H and O–H groups in total. The summed E-state index contributed by atoms with van der Waals surface area (Å²) in [4.78, 5) is 4.65. The summed E-state index contributed by atoms with van der Waals surface area (Å²) in [6.07, 6.45) is 9.24. The predicted octanol–water partition coefficient (Wildman–Crippen LogP) is 4.90. The Hall–Kier alpha value is -2.13. The van der Waals surface area contributed by atoms with Crippen LogP contribution in [0.25, 0.3) is 17.8 Å². The number of halogens is 1. The fourth-order valence-corrected chi connectivity index (χ4v) is 2.48. The van der Waals surface area contributed by atoms with E-state index < -0.39 is 0 Å². The summed E-state index contributed by atoms with van der Waals surface area (Å²) in [6.45, 7) is 2.19. The molecule has 0 saturated carbocycles. The average Bonchev–Trinajstić information content (AvgIpc) is 3.00. The number of benzene rings is 1. The van der Waals surface area contributed by atoms with Gasteiger partial charge in [-0.15, -0.1) is 0 Å². The lowest BCUT2D eigenvalue weighted by atomic mass is 10.1. The Bertz CT molecular complexity index is 788. The third-order valence-electron chi connectivity index (χ3n) is 3.54. The maximum atomic E-state index is 5.92. The second-order valence-corrected chi connectivity index (χ2v) is 5.70. The first kappa shape index (κ1) is 14.8. The van der Waals surface area contributed by atoms with Crippen LogP contribution in [0.15, 0.2) is 42.6 Å². The van der Waals surface area contributed by atoms with Gasteiger partial charge in [0.05, 0.1) is 11.9 Å². The first-order valence-corrected chi connectivity index (χ1v) is 7.91. The molecule has 0 atom stereocenters. The Morgan fingerprint density at radius 2 is 1.95 bits per heavy atom. The van der Waals surface area contributed by atoms with Gasteiger partial charge in [-0.3, -0.25) is 0 Å². The molecule has 3 aromatic rings. The van der Waals surface area contributed by atoms with E-state index in [-0.39, 0.29) is 0 Å². The maximum Gasteiger partial charge on any atom is 0.155 e. The second-order valence-electron chi connectivity index (χ2n) is 5.26. The Kier molecular flexibility index (Phi) is 4.54. The van der Waals surface area contributed by atoms with Gasteiger partial charge in [0.2, 0.25) is 0 Å². The minimum atomic E-state index is 0.748. The van der Waals surface area contributed by atoms with Gasteiger partial charge >= 0.3 is 0 Å². The fraction of sp³-hybridized carbons (Fsp3) is 0.222. The summed E-state index contributed by atoms with van der Waals surface area (Å²) in [7, 11) is 0. The van der Waals surface area contributed by atoms with Crippen molar-refractivity contribution < 1.29 is 0 Å². The minimum Gasteiger partial charge on any atom is -0.234 e. The molecule has 112 valence electrons. The summed E-state index contributed by atoms with van der Waals surface area (Å²) >= 11 is 5.92. The van der Waals surface area contributed by atoms with Gasteiger partial charge in [-0.2, -0.15) is 5.10 Å². The summed E-state index contributed by atoms with van der Waals surface area (Å²) in [5.41, 5.74) is 4.16. The van der Waals surface area contributed by atoms with E-state index in [9.17, 15) is 0 Å². The molecule has 0 radical (unpaired) electrons. The van der Waals surface area contributed by atoms with E-state index in [2.05, 4.69) is 35.2 Å². The van der Waals surface area contributed by atoms with Crippen molar-refractivity contribution in [3.05, 3.63) is 64.6 Å². The van der Waals surface area contributed by atoms with Crippen LogP contribution < -0.4 is 0 Å². The zero-order valence-electron chi connectivity index (χ0n) is 12.5. The standard InChI is InChI=1S/C18H18ClN3/c1-2-3-4-16-13-17(22-18(21-16)11-12-20-22)10-7-14-5-8-15(19)9-6-14/h5-13H,2-4H2,1H3. The molecule has 2 heterocycles. The molecule has 0 spiro atoms. The van der Waals surface area contributed by atoms with Gasteiger partial charge in [0.1, 0.15) is 0 Å². The van der Waals surface area contributed by atoms with Crippen molar-refractivity contribution >= 4 is 29.4 Å². The lowest BCUT2D eigenvalue weighted by Gasteiger charge is -2.04. The van der Waals surface area contributed by atoms with E-state index >= 15 is 0 Å². The number of hydrogen-bond acceptors (Lipinski definition) is 2.